The minimum absolute atomic E-state index is 0.176. The maximum atomic E-state index is 9.85. The minimum Gasteiger partial charge on any atom is -0.395 e. The Morgan fingerprint density at radius 1 is 1.21 bits per heavy atom. The van der Waals surface area contributed by atoms with Crippen LogP contribution in [0.5, 0.6) is 0 Å². The van der Waals surface area contributed by atoms with E-state index in [1.165, 1.54) is 12.0 Å². The first-order valence-corrected chi connectivity index (χ1v) is 7.44. The summed E-state index contributed by atoms with van der Waals surface area (Å²) in [7, 11) is 0. The zero-order valence-corrected chi connectivity index (χ0v) is 12.9. The Morgan fingerprint density at radius 3 is 2.32 bits per heavy atom. The molecule has 2 heteroatoms. The third-order valence-corrected chi connectivity index (χ3v) is 4.11. The van der Waals surface area contributed by atoms with E-state index in [9.17, 15) is 5.11 Å². The van der Waals surface area contributed by atoms with Crippen molar-refractivity contribution in [3.05, 3.63) is 35.9 Å². The van der Waals surface area contributed by atoms with Crippen LogP contribution in [0.2, 0.25) is 0 Å². The third kappa shape index (κ3) is 4.63. The van der Waals surface area contributed by atoms with Crippen molar-refractivity contribution in [1.82, 2.24) is 4.90 Å². The molecule has 19 heavy (non-hydrogen) atoms. The molecule has 0 spiro atoms. The molecule has 1 N–H and O–H groups in total. The number of nitrogens with zero attached hydrogens (tertiary/aromatic N) is 1. The molecule has 0 aliphatic heterocycles. The van der Waals surface area contributed by atoms with Crippen molar-refractivity contribution in [3.8, 4) is 0 Å². The predicted molar refractivity (Wildman–Crippen MR) is 82.4 cm³/mol. The van der Waals surface area contributed by atoms with Crippen LogP contribution >= 0.6 is 0 Å². The van der Waals surface area contributed by atoms with Crippen LogP contribution < -0.4 is 0 Å². The van der Waals surface area contributed by atoms with Crippen molar-refractivity contribution < 1.29 is 5.11 Å². The van der Waals surface area contributed by atoms with E-state index < -0.39 is 0 Å². The predicted octanol–water partition coefficient (Wildman–Crippen LogP) is 3.30. The van der Waals surface area contributed by atoms with E-state index >= 15 is 0 Å². The molecule has 0 radical (unpaired) electrons. The van der Waals surface area contributed by atoms with Gasteiger partial charge in [-0.2, -0.15) is 0 Å². The van der Waals surface area contributed by atoms with Crippen LogP contribution in [0, 0.1) is 5.92 Å². The molecule has 2 atom stereocenters. The summed E-state index contributed by atoms with van der Waals surface area (Å²) in [6.07, 6.45) is 1.21. The summed E-state index contributed by atoms with van der Waals surface area (Å²) in [6.45, 7) is 12.1. The molecule has 0 bridgehead atoms. The molecule has 0 saturated carbocycles. The van der Waals surface area contributed by atoms with Crippen molar-refractivity contribution in [2.24, 2.45) is 5.92 Å². The summed E-state index contributed by atoms with van der Waals surface area (Å²) >= 11 is 0. The maximum Gasteiger partial charge on any atom is 0.0537 e. The van der Waals surface area contributed by atoms with Crippen LogP contribution in [0.3, 0.4) is 0 Å². The standard InChI is InChI=1S/C17H29NO/c1-5-15(3)12-18(6-2)13-17(4,14-19)16-10-8-7-9-11-16/h7-11,15,19H,5-6,12-14H2,1-4H3. The molecular formula is C17H29NO. The molecule has 0 aliphatic rings. The Balaban J connectivity index is 2.79. The van der Waals surface area contributed by atoms with Gasteiger partial charge in [-0.05, 0) is 18.0 Å². The molecule has 2 nitrogen and oxygen atoms in total. The molecule has 1 rings (SSSR count). The fraction of sp³-hybridized carbons (Fsp3) is 0.647. The van der Waals surface area contributed by atoms with E-state index in [1.54, 1.807) is 0 Å². The van der Waals surface area contributed by atoms with Crippen molar-refractivity contribution in [2.45, 2.75) is 39.5 Å². The summed E-state index contributed by atoms with van der Waals surface area (Å²) in [5, 5.41) is 9.85. The van der Waals surface area contributed by atoms with Crippen LogP contribution in [-0.2, 0) is 5.41 Å². The SMILES string of the molecule is CCC(C)CN(CC)CC(C)(CO)c1ccccc1. The average molecular weight is 263 g/mol. The molecule has 0 aliphatic carbocycles. The number of benzene rings is 1. The van der Waals surface area contributed by atoms with E-state index in [2.05, 4.69) is 44.7 Å². The summed E-state index contributed by atoms with van der Waals surface area (Å²) in [5.74, 6) is 0.707. The van der Waals surface area contributed by atoms with Crippen LogP contribution in [0.1, 0.15) is 39.7 Å². The number of likely N-dealkylation sites (N-methyl/N-ethyl adjacent to an activating group) is 1. The molecule has 2 unspecified atom stereocenters. The second kappa shape index (κ2) is 7.66. The summed E-state index contributed by atoms with van der Waals surface area (Å²) in [4.78, 5) is 2.46. The summed E-state index contributed by atoms with van der Waals surface area (Å²) in [6, 6.07) is 10.4. The Labute approximate surface area is 118 Å². The zero-order chi connectivity index (χ0) is 14.3. The first-order valence-electron chi connectivity index (χ1n) is 7.44. The smallest absolute Gasteiger partial charge is 0.0537 e. The van der Waals surface area contributed by atoms with E-state index in [0.717, 1.165) is 19.6 Å². The Morgan fingerprint density at radius 2 is 1.84 bits per heavy atom. The van der Waals surface area contributed by atoms with Crippen molar-refractivity contribution >= 4 is 0 Å². The lowest BCUT2D eigenvalue weighted by Crippen LogP contribution is -2.43. The van der Waals surface area contributed by atoms with Gasteiger partial charge in [0.2, 0.25) is 0 Å². The Bertz CT molecular complexity index is 352. The van der Waals surface area contributed by atoms with Crippen LogP contribution in [0.15, 0.2) is 30.3 Å². The van der Waals surface area contributed by atoms with Gasteiger partial charge >= 0.3 is 0 Å². The zero-order valence-electron chi connectivity index (χ0n) is 12.9. The fourth-order valence-electron chi connectivity index (χ4n) is 2.44. The maximum absolute atomic E-state index is 9.85. The normalized spacial score (nSPS) is 16.3. The van der Waals surface area contributed by atoms with Crippen molar-refractivity contribution in [2.75, 3.05) is 26.2 Å². The third-order valence-electron chi connectivity index (χ3n) is 4.11. The van der Waals surface area contributed by atoms with Gasteiger partial charge in [0.25, 0.3) is 0 Å². The molecule has 0 saturated heterocycles. The molecule has 108 valence electrons. The summed E-state index contributed by atoms with van der Waals surface area (Å²) < 4.78 is 0. The monoisotopic (exact) mass is 263 g/mol. The lowest BCUT2D eigenvalue weighted by atomic mass is 9.82. The largest absolute Gasteiger partial charge is 0.395 e. The van der Waals surface area contributed by atoms with Gasteiger partial charge in [0.05, 0.1) is 6.61 Å². The Hall–Kier alpha value is -0.860. The highest BCUT2D eigenvalue weighted by Crippen LogP contribution is 2.25. The Kier molecular flexibility index (Phi) is 6.53. The number of hydrogen-bond acceptors (Lipinski definition) is 2. The van der Waals surface area contributed by atoms with E-state index in [0.29, 0.717) is 5.92 Å². The van der Waals surface area contributed by atoms with E-state index in [4.69, 9.17) is 0 Å². The lowest BCUT2D eigenvalue weighted by Gasteiger charge is -2.35. The van der Waals surface area contributed by atoms with E-state index in [-0.39, 0.29) is 12.0 Å². The lowest BCUT2D eigenvalue weighted by molar-refractivity contribution is 0.136. The second-order valence-corrected chi connectivity index (χ2v) is 5.93. The first kappa shape index (κ1) is 16.2. The highest BCUT2D eigenvalue weighted by atomic mass is 16.3. The van der Waals surface area contributed by atoms with Gasteiger partial charge < -0.3 is 10.0 Å². The highest BCUT2D eigenvalue weighted by molar-refractivity contribution is 5.25. The fourth-order valence-corrected chi connectivity index (χ4v) is 2.44. The number of aliphatic hydroxyl groups excluding tert-OH is 1. The second-order valence-electron chi connectivity index (χ2n) is 5.93. The molecule has 0 aromatic heterocycles. The average Bonchev–Trinajstić information content (AvgIpc) is 2.47. The molecule has 0 amide bonds. The van der Waals surface area contributed by atoms with Crippen molar-refractivity contribution in [1.29, 1.82) is 0 Å². The summed E-state index contributed by atoms with van der Waals surface area (Å²) in [5.41, 5.74) is 1.05. The van der Waals surface area contributed by atoms with Crippen LogP contribution in [-0.4, -0.2) is 36.2 Å². The highest BCUT2D eigenvalue weighted by Gasteiger charge is 2.28. The molecule has 0 heterocycles. The van der Waals surface area contributed by atoms with Crippen molar-refractivity contribution in [3.63, 3.8) is 0 Å². The topological polar surface area (TPSA) is 23.5 Å². The van der Waals surface area contributed by atoms with Gasteiger partial charge in [-0.15, -0.1) is 0 Å². The van der Waals surface area contributed by atoms with Gasteiger partial charge in [-0.3, -0.25) is 0 Å². The quantitative estimate of drug-likeness (QED) is 0.778. The van der Waals surface area contributed by atoms with Gasteiger partial charge in [0, 0.05) is 18.5 Å². The molecule has 1 aromatic rings. The van der Waals surface area contributed by atoms with Gasteiger partial charge in [0.1, 0.15) is 0 Å². The first-order chi connectivity index (χ1) is 9.05. The van der Waals surface area contributed by atoms with E-state index in [1.807, 2.05) is 18.2 Å². The van der Waals surface area contributed by atoms with Gasteiger partial charge in [-0.1, -0.05) is 64.4 Å². The number of rotatable bonds is 8. The molecule has 0 fully saturated rings. The van der Waals surface area contributed by atoms with Gasteiger partial charge in [0.15, 0.2) is 0 Å². The van der Waals surface area contributed by atoms with Crippen LogP contribution in [0.25, 0.3) is 0 Å². The minimum atomic E-state index is -0.176. The number of hydrogen-bond donors (Lipinski definition) is 1. The molecule has 1 aromatic carbocycles. The number of aliphatic hydroxyl groups is 1. The van der Waals surface area contributed by atoms with Crippen LogP contribution in [0.4, 0.5) is 0 Å². The molecular weight excluding hydrogens is 234 g/mol. The van der Waals surface area contributed by atoms with Gasteiger partial charge in [-0.25, -0.2) is 0 Å².